The molecule has 0 saturated carbocycles. The third-order valence-corrected chi connectivity index (χ3v) is 3.15. The molecule has 2 rings (SSSR count). The highest BCUT2D eigenvalue weighted by Crippen LogP contribution is 2.28. The maximum Gasteiger partial charge on any atom is 0.138 e. The van der Waals surface area contributed by atoms with Crippen molar-refractivity contribution in [2.24, 2.45) is 0 Å². The fourth-order valence-corrected chi connectivity index (χ4v) is 2.26. The molecular formula is C12H17N3S. The van der Waals surface area contributed by atoms with Gasteiger partial charge in [-0.15, -0.1) is 11.3 Å². The lowest BCUT2D eigenvalue weighted by atomic mass is 9.96. The van der Waals surface area contributed by atoms with E-state index in [9.17, 15) is 0 Å². The van der Waals surface area contributed by atoms with Gasteiger partial charge in [0, 0.05) is 12.0 Å². The molecule has 0 unspecified atom stereocenters. The first kappa shape index (κ1) is 11.3. The topological polar surface area (TPSA) is 37.8 Å². The van der Waals surface area contributed by atoms with Crippen molar-refractivity contribution in [3.63, 3.8) is 0 Å². The zero-order chi connectivity index (χ0) is 11.8. The quantitative estimate of drug-likeness (QED) is 0.866. The molecule has 1 N–H and O–H groups in total. The molecule has 0 aromatic carbocycles. The lowest BCUT2D eigenvalue weighted by molar-refractivity contribution is 0.549. The van der Waals surface area contributed by atoms with E-state index in [1.54, 1.807) is 11.3 Å². The van der Waals surface area contributed by atoms with Crippen LogP contribution in [0.4, 0.5) is 5.82 Å². The summed E-state index contributed by atoms with van der Waals surface area (Å²) in [5.74, 6) is 1.86. The summed E-state index contributed by atoms with van der Waals surface area (Å²) in [6, 6.07) is 2.07. The van der Waals surface area contributed by atoms with Crippen molar-refractivity contribution in [2.75, 3.05) is 11.9 Å². The molecule has 0 saturated heterocycles. The van der Waals surface area contributed by atoms with E-state index in [1.807, 2.05) is 0 Å². The Morgan fingerprint density at radius 2 is 2.06 bits per heavy atom. The van der Waals surface area contributed by atoms with Crippen molar-refractivity contribution in [1.82, 2.24) is 9.97 Å². The molecule has 0 atom stereocenters. The van der Waals surface area contributed by atoms with Crippen molar-refractivity contribution in [1.29, 1.82) is 0 Å². The largest absolute Gasteiger partial charge is 0.370 e. The minimum atomic E-state index is -0.0116. The number of hydrogen-bond acceptors (Lipinski definition) is 4. The van der Waals surface area contributed by atoms with E-state index in [-0.39, 0.29) is 5.41 Å². The molecule has 0 radical (unpaired) electrons. The second-order valence-corrected chi connectivity index (χ2v) is 5.71. The van der Waals surface area contributed by atoms with Crippen LogP contribution in [0.3, 0.4) is 0 Å². The third-order valence-electron chi connectivity index (χ3n) is 2.34. The highest BCUT2D eigenvalue weighted by molar-refractivity contribution is 7.16. The Kier molecular flexibility index (Phi) is 2.84. The first-order valence-electron chi connectivity index (χ1n) is 5.52. The van der Waals surface area contributed by atoms with Gasteiger partial charge in [0.2, 0.25) is 0 Å². The minimum absolute atomic E-state index is 0.0116. The number of rotatable bonds is 2. The molecule has 0 aliphatic rings. The van der Waals surface area contributed by atoms with Crippen molar-refractivity contribution in [2.45, 2.75) is 33.1 Å². The molecule has 0 amide bonds. The lowest BCUT2D eigenvalue weighted by Crippen LogP contribution is -2.17. The first-order chi connectivity index (χ1) is 7.52. The molecule has 2 aromatic heterocycles. The molecule has 2 aromatic rings. The SMILES string of the molecule is CCNc1nc(C(C)(C)C)nc2sccc12. The maximum absolute atomic E-state index is 4.62. The summed E-state index contributed by atoms with van der Waals surface area (Å²) in [5.41, 5.74) is -0.0116. The monoisotopic (exact) mass is 235 g/mol. The Morgan fingerprint density at radius 1 is 1.31 bits per heavy atom. The van der Waals surface area contributed by atoms with Crippen LogP contribution in [0.25, 0.3) is 10.2 Å². The highest BCUT2D eigenvalue weighted by atomic mass is 32.1. The number of aromatic nitrogens is 2. The lowest BCUT2D eigenvalue weighted by Gasteiger charge is -2.17. The van der Waals surface area contributed by atoms with Gasteiger partial charge in [-0.25, -0.2) is 9.97 Å². The number of fused-ring (bicyclic) bond motifs is 1. The fourth-order valence-electron chi connectivity index (χ4n) is 1.49. The molecule has 0 aliphatic heterocycles. The van der Waals surface area contributed by atoms with E-state index in [1.165, 1.54) is 0 Å². The number of thiophene rings is 1. The van der Waals surface area contributed by atoms with E-state index >= 15 is 0 Å². The first-order valence-corrected chi connectivity index (χ1v) is 6.40. The van der Waals surface area contributed by atoms with Gasteiger partial charge >= 0.3 is 0 Å². The van der Waals surface area contributed by atoms with Crippen LogP contribution in [0, 0.1) is 0 Å². The summed E-state index contributed by atoms with van der Waals surface area (Å²) >= 11 is 1.67. The summed E-state index contributed by atoms with van der Waals surface area (Å²) in [6.45, 7) is 9.37. The summed E-state index contributed by atoms with van der Waals surface area (Å²) in [4.78, 5) is 10.3. The van der Waals surface area contributed by atoms with Crippen LogP contribution in [-0.4, -0.2) is 16.5 Å². The summed E-state index contributed by atoms with van der Waals surface area (Å²) in [5, 5.41) is 6.49. The van der Waals surface area contributed by atoms with Gasteiger partial charge in [-0.1, -0.05) is 20.8 Å². The van der Waals surface area contributed by atoms with Gasteiger partial charge in [0.15, 0.2) is 0 Å². The number of hydrogen-bond donors (Lipinski definition) is 1. The van der Waals surface area contributed by atoms with Crippen molar-refractivity contribution >= 4 is 27.4 Å². The van der Waals surface area contributed by atoms with Gasteiger partial charge < -0.3 is 5.32 Å². The maximum atomic E-state index is 4.62. The Morgan fingerprint density at radius 3 is 2.69 bits per heavy atom. The van der Waals surface area contributed by atoms with Gasteiger partial charge in [0.25, 0.3) is 0 Å². The molecule has 4 heteroatoms. The Labute approximate surface area is 99.9 Å². The normalized spacial score (nSPS) is 12.0. The average Bonchev–Trinajstić information content (AvgIpc) is 2.64. The van der Waals surface area contributed by atoms with Crippen LogP contribution in [0.5, 0.6) is 0 Å². The zero-order valence-corrected chi connectivity index (χ0v) is 11.0. The molecule has 3 nitrogen and oxygen atoms in total. The number of anilines is 1. The second-order valence-electron chi connectivity index (χ2n) is 4.82. The molecular weight excluding hydrogens is 218 g/mol. The Balaban J connectivity index is 2.61. The van der Waals surface area contributed by atoms with Crippen LogP contribution >= 0.6 is 11.3 Å². The fraction of sp³-hybridized carbons (Fsp3) is 0.500. The van der Waals surface area contributed by atoms with Crippen molar-refractivity contribution in [3.05, 3.63) is 17.3 Å². The van der Waals surface area contributed by atoms with Crippen LogP contribution < -0.4 is 5.32 Å². The van der Waals surface area contributed by atoms with E-state index in [0.29, 0.717) is 0 Å². The molecule has 2 heterocycles. The van der Waals surface area contributed by atoms with E-state index in [2.05, 4.69) is 54.4 Å². The van der Waals surface area contributed by atoms with Crippen molar-refractivity contribution < 1.29 is 0 Å². The number of nitrogens with zero attached hydrogens (tertiary/aromatic N) is 2. The molecule has 86 valence electrons. The molecule has 0 bridgehead atoms. The predicted molar refractivity (Wildman–Crippen MR) is 70.3 cm³/mol. The minimum Gasteiger partial charge on any atom is -0.370 e. The van der Waals surface area contributed by atoms with Gasteiger partial charge in [0.1, 0.15) is 16.5 Å². The average molecular weight is 235 g/mol. The van der Waals surface area contributed by atoms with Gasteiger partial charge in [-0.3, -0.25) is 0 Å². The van der Waals surface area contributed by atoms with Gasteiger partial charge in [0.05, 0.1) is 5.39 Å². The van der Waals surface area contributed by atoms with Gasteiger partial charge in [-0.2, -0.15) is 0 Å². The predicted octanol–water partition coefficient (Wildman–Crippen LogP) is 3.42. The molecule has 0 fully saturated rings. The van der Waals surface area contributed by atoms with Crippen molar-refractivity contribution in [3.8, 4) is 0 Å². The Bertz CT molecular complexity index is 496. The summed E-state index contributed by atoms with van der Waals surface area (Å²) in [6.07, 6.45) is 0. The van der Waals surface area contributed by atoms with Crippen LogP contribution in [-0.2, 0) is 5.41 Å². The summed E-state index contributed by atoms with van der Waals surface area (Å²) in [7, 11) is 0. The third kappa shape index (κ3) is 2.02. The standard InChI is InChI=1S/C12H17N3S/c1-5-13-9-8-6-7-16-10(8)15-11(14-9)12(2,3)4/h6-7H,5H2,1-4H3,(H,13,14,15). The molecule has 0 aliphatic carbocycles. The van der Waals surface area contributed by atoms with Crippen LogP contribution in [0.1, 0.15) is 33.5 Å². The zero-order valence-electron chi connectivity index (χ0n) is 10.2. The number of nitrogens with one attached hydrogen (secondary N) is 1. The van der Waals surface area contributed by atoms with Gasteiger partial charge in [-0.05, 0) is 18.4 Å². The van der Waals surface area contributed by atoms with E-state index in [0.717, 1.165) is 28.4 Å². The molecule has 0 spiro atoms. The second kappa shape index (κ2) is 4.01. The smallest absolute Gasteiger partial charge is 0.138 e. The molecule has 16 heavy (non-hydrogen) atoms. The van der Waals surface area contributed by atoms with E-state index in [4.69, 9.17) is 0 Å². The Hall–Kier alpha value is -1.16. The summed E-state index contributed by atoms with van der Waals surface area (Å²) < 4.78 is 0. The highest BCUT2D eigenvalue weighted by Gasteiger charge is 2.19. The van der Waals surface area contributed by atoms with Crippen LogP contribution in [0.2, 0.25) is 0 Å². The van der Waals surface area contributed by atoms with Crippen LogP contribution in [0.15, 0.2) is 11.4 Å². The van der Waals surface area contributed by atoms with E-state index < -0.39 is 0 Å².